The standard InChI is InChI=1S/C27H37N5S2/c1-19-7-11-31(12-8-19)22-18-21-23(34-24(29-21)26(2,3)4)17-20(22)27(9-6-10-28-27)25(33)32-15-13-30(5)14-16-32/h6,9-10,17-19H,7-8,11-16H2,1-5H3. The molecule has 5 rings (SSSR count). The Balaban J connectivity index is 1.64. The number of hydrogen-bond acceptors (Lipinski definition) is 6. The summed E-state index contributed by atoms with van der Waals surface area (Å²) in [5.41, 5.74) is 2.98. The lowest BCUT2D eigenvalue weighted by Gasteiger charge is -2.41. The van der Waals surface area contributed by atoms with E-state index in [9.17, 15) is 0 Å². The molecule has 1 aromatic heterocycles. The van der Waals surface area contributed by atoms with E-state index < -0.39 is 5.54 Å². The van der Waals surface area contributed by atoms with Crippen molar-refractivity contribution >= 4 is 50.7 Å². The van der Waals surface area contributed by atoms with Gasteiger partial charge in [-0.2, -0.15) is 0 Å². The van der Waals surface area contributed by atoms with Gasteiger partial charge in [0.1, 0.15) is 4.99 Å². The zero-order chi connectivity index (χ0) is 24.1. The Morgan fingerprint density at radius 2 is 1.79 bits per heavy atom. The van der Waals surface area contributed by atoms with Gasteiger partial charge in [0.05, 0.1) is 15.2 Å². The van der Waals surface area contributed by atoms with E-state index in [-0.39, 0.29) is 5.41 Å². The summed E-state index contributed by atoms with van der Waals surface area (Å²) in [6, 6.07) is 4.67. The van der Waals surface area contributed by atoms with E-state index in [1.165, 1.54) is 33.8 Å². The molecule has 5 nitrogen and oxygen atoms in total. The zero-order valence-corrected chi connectivity index (χ0v) is 22.8. The maximum Gasteiger partial charge on any atom is 0.156 e. The number of piperidine rings is 1. The molecule has 0 aliphatic carbocycles. The zero-order valence-electron chi connectivity index (χ0n) is 21.2. The maximum atomic E-state index is 6.25. The molecular weight excluding hydrogens is 458 g/mol. The summed E-state index contributed by atoms with van der Waals surface area (Å²) >= 11 is 8.06. The molecule has 0 N–H and O–H groups in total. The normalized spacial score (nSPS) is 24.5. The molecule has 0 spiro atoms. The molecule has 182 valence electrons. The van der Waals surface area contributed by atoms with Crippen LogP contribution in [-0.4, -0.2) is 72.3 Å². The first-order chi connectivity index (χ1) is 16.2. The Labute approximate surface area is 213 Å². The number of benzene rings is 1. The minimum atomic E-state index is -0.621. The largest absolute Gasteiger partial charge is 0.371 e. The van der Waals surface area contributed by atoms with Crippen LogP contribution in [-0.2, 0) is 11.0 Å². The number of thiazole rings is 1. The van der Waals surface area contributed by atoms with Crippen LogP contribution >= 0.6 is 23.6 Å². The Hall–Kier alpha value is -1.83. The highest BCUT2D eigenvalue weighted by atomic mass is 32.1. The second kappa shape index (κ2) is 8.99. The smallest absolute Gasteiger partial charge is 0.156 e. The summed E-state index contributed by atoms with van der Waals surface area (Å²) in [6.07, 6.45) is 8.66. The fraction of sp³-hybridized carbons (Fsp3) is 0.593. The van der Waals surface area contributed by atoms with Crippen molar-refractivity contribution in [3.05, 3.63) is 34.9 Å². The highest BCUT2D eigenvalue weighted by Crippen LogP contribution is 2.44. The van der Waals surface area contributed by atoms with E-state index in [2.05, 4.69) is 73.7 Å². The molecule has 3 aliphatic rings. The summed E-state index contributed by atoms with van der Waals surface area (Å²) in [5, 5.41) is 1.18. The second-order valence-electron chi connectivity index (χ2n) is 11.3. The summed E-state index contributed by atoms with van der Waals surface area (Å²) in [4.78, 5) is 18.4. The van der Waals surface area contributed by atoms with E-state index >= 15 is 0 Å². The van der Waals surface area contributed by atoms with Crippen LogP contribution < -0.4 is 4.90 Å². The lowest BCUT2D eigenvalue weighted by molar-refractivity contribution is 0.212. The van der Waals surface area contributed by atoms with Crippen molar-refractivity contribution in [3.63, 3.8) is 0 Å². The van der Waals surface area contributed by atoms with Gasteiger partial charge in [-0.1, -0.05) is 39.9 Å². The van der Waals surface area contributed by atoms with E-state index in [0.29, 0.717) is 0 Å². The van der Waals surface area contributed by atoms with Crippen LogP contribution in [0.15, 0.2) is 29.3 Å². The number of rotatable bonds is 3. The molecule has 0 amide bonds. The van der Waals surface area contributed by atoms with Crippen molar-refractivity contribution in [2.45, 2.75) is 51.5 Å². The van der Waals surface area contributed by atoms with Gasteiger partial charge < -0.3 is 14.7 Å². The Kier molecular flexibility index (Phi) is 6.32. The van der Waals surface area contributed by atoms with Crippen LogP contribution in [0.25, 0.3) is 10.2 Å². The summed E-state index contributed by atoms with van der Waals surface area (Å²) < 4.78 is 1.23. The molecule has 0 saturated carbocycles. The molecule has 4 heterocycles. The summed E-state index contributed by atoms with van der Waals surface area (Å²) in [6.45, 7) is 15.2. The molecular formula is C27H37N5S2. The predicted molar refractivity (Wildman–Crippen MR) is 150 cm³/mol. The number of nitrogens with zero attached hydrogens (tertiary/aromatic N) is 5. The Morgan fingerprint density at radius 1 is 1.09 bits per heavy atom. The minimum absolute atomic E-state index is 0.0306. The summed E-state index contributed by atoms with van der Waals surface area (Å²) in [7, 11) is 2.18. The third-order valence-corrected chi connectivity index (χ3v) is 9.51. The minimum Gasteiger partial charge on any atom is -0.371 e. The lowest BCUT2D eigenvalue weighted by atomic mass is 9.87. The van der Waals surface area contributed by atoms with Crippen molar-refractivity contribution < 1.29 is 0 Å². The Bertz CT molecular complexity index is 1110. The van der Waals surface area contributed by atoms with E-state index in [0.717, 1.165) is 55.7 Å². The third kappa shape index (κ3) is 4.31. The molecule has 0 bridgehead atoms. The van der Waals surface area contributed by atoms with Gasteiger partial charge in [0, 0.05) is 62.1 Å². The molecule has 0 radical (unpaired) electrons. The van der Waals surface area contributed by atoms with E-state index in [1.807, 2.05) is 17.6 Å². The Morgan fingerprint density at radius 3 is 2.41 bits per heavy atom. The maximum absolute atomic E-state index is 6.25. The first kappa shape index (κ1) is 23.9. The monoisotopic (exact) mass is 495 g/mol. The van der Waals surface area contributed by atoms with E-state index in [1.54, 1.807) is 0 Å². The van der Waals surface area contributed by atoms with Gasteiger partial charge >= 0.3 is 0 Å². The van der Waals surface area contributed by atoms with Crippen LogP contribution in [0.5, 0.6) is 0 Å². The highest BCUT2D eigenvalue weighted by Gasteiger charge is 2.42. The average Bonchev–Trinajstić information content (AvgIpc) is 3.46. The number of fused-ring (bicyclic) bond motifs is 1. The number of thiocarbonyl (C=S) groups is 1. The molecule has 7 heteroatoms. The molecule has 34 heavy (non-hydrogen) atoms. The van der Waals surface area contributed by atoms with Crippen molar-refractivity contribution in [1.82, 2.24) is 14.8 Å². The van der Waals surface area contributed by atoms with Crippen LogP contribution in [0.3, 0.4) is 0 Å². The molecule has 2 saturated heterocycles. The van der Waals surface area contributed by atoms with Crippen LogP contribution in [0.1, 0.15) is 51.1 Å². The van der Waals surface area contributed by atoms with Gasteiger partial charge in [-0.05, 0) is 50.1 Å². The summed E-state index contributed by atoms with van der Waals surface area (Å²) in [5.74, 6) is 0.778. The number of hydrogen-bond donors (Lipinski definition) is 0. The lowest BCUT2D eigenvalue weighted by Crippen LogP contribution is -2.52. The number of anilines is 1. The van der Waals surface area contributed by atoms with Gasteiger partial charge in [0.25, 0.3) is 0 Å². The number of allylic oxidation sites excluding steroid dienone is 1. The van der Waals surface area contributed by atoms with Crippen LogP contribution in [0, 0.1) is 5.92 Å². The SMILES string of the molecule is CC1CCN(c2cc3nc(C(C)(C)C)sc3cc2C2(C(=S)N3CCN(C)CC3)C=CC=N2)CC1. The fourth-order valence-corrected chi connectivity index (χ4v) is 6.60. The van der Waals surface area contributed by atoms with Gasteiger partial charge in [-0.15, -0.1) is 11.3 Å². The molecule has 2 fully saturated rings. The predicted octanol–water partition coefficient (Wildman–Crippen LogP) is 5.24. The first-order valence-corrected chi connectivity index (χ1v) is 13.8. The molecule has 3 aliphatic heterocycles. The van der Waals surface area contributed by atoms with Crippen molar-refractivity contribution in [3.8, 4) is 0 Å². The topological polar surface area (TPSA) is 35.0 Å². The quantitative estimate of drug-likeness (QED) is 0.544. The van der Waals surface area contributed by atoms with E-state index in [4.69, 9.17) is 22.2 Å². The third-order valence-electron chi connectivity index (χ3n) is 7.50. The van der Waals surface area contributed by atoms with Crippen molar-refractivity contribution in [1.29, 1.82) is 0 Å². The average molecular weight is 496 g/mol. The van der Waals surface area contributed by atoms with Crippen LogP contribution in [0.2, 0.25) is 0 Å². The van der Waals surface area contributed by atoms with Crippen LogP contribution in [0.4, 0.5) is 5.69 Å². The molecule has 2 aromatic rings. The number of aromatic nitrogens is 1. The number of piperazine rings is 1. The number of likely N-dealkylation sites (N-methyl/N-ethyl adjacent to an activating group) is 1. The first-order valence-electron chi connectivity index (χ1n) is 12.6. The van der Waals surface area contributed by atoms with Gasteiger partial charge in [-0.3, -0.25) is 4.99 Å². The van der Waals surface area contributed by atoms with Crippen molar-refractivity contribution in [2.24, 2.45) is 10.9 Å². The molecule has 1 unspecified atom stereocenters. The molecule has 1 aromatic carbocycles. The highest BCUT2D eigenvalue weighted by molar-refractivity contribution is 7.80. The van der Waals surface area contributed by atoms with Crippen molar-refractivity contribution in [2.75, 3.05) is 51.2 Å². The second-order valence-corrected chi connectivity index (χ2v) is 12.7. The van der Waals surface area contributed by atoms with Gasteiger partial charge in [-0.25, -0.2) is 4.98 Å². The van der Waals surface area contributed by atoms with Gasteiger partial charge in [0.15, 0.2) is 5.54 Å². The van der Waals surface area contributed by atoms with Gasteiger partial charge in [0.2, 0.25) is 0 Å². The molecule has 1 atom stereocenters. The fourth-order valence-electron chi connectivity index (χ4n) is 5.14. The number of aliphatic imine (C=N–C) groups is 1.